The van der Waals surface area contributed by atoms with Crippen molar-refractivity contribution in [2.24, 2.45) is 7.05 Å². The van der Waals surface area contributed by atoms with Gasteiger partial charge in [0.1, 0.15) is 23.2 Å². The van der Waals surface area contributed by atoms with Crippen molar-refractivity contribution in [1.82, 2.24) is 34.9 Å². The highest BCUT2D eigenvalue weighted by Gasteiger charge is 2.34. The van der Waals surface area contributed by atoms with Gasteiger partial charge in [-0.3, -0.25) is 14.6 Å². The molecule has 0 bridgehead atoms. The summed E-state index contributed by atoms with van der Waals surface area (Å²) in [6.45, 7) is 5.07. The maximum atomic E-state index is 15.7. The molecule has 0 spiro atoms. The molecule has 3 fully saturated rings. The molecule has 0 saturated carbocycles. The average Bonchev–Trinajstić information content (AvgIpc) is 3.64. The van der Waals surface area contributed by atoms with Crippen LogP contribution in [0.2, 0.25) is 0 Å². The van der Waals surface area contributed by atoms with Crippen LogP contribution >= 0.6 is 0 Å². The van der Waals surface area contributed by atoms with E-state index in [1.54, 1.807) is 17.1 Å². The minimum Gasteiger partial charge on any atom is -0.467 e. The number of nitrogens with zero attached hydrogens (tertiary/aromatic N) is 7. The van der Waals surface area contributed by atoms with Crippen molar-refractivity contribution in [3.8, 4) is 17.3 Å². The van der Waals surface area contributed by atoms with Crippen LogP contribution in [0.5, 0.6) is 6.01 Å². The maximum absolute atomic E-state index is 15.7. The van der Waals surface area contributed by atoms with Crippen LogP contribution in [0.15, 0.2) is 30.6 Å². The fourth-order valence-corrected chi connectivity index (χ4v) is 5.87. The van der Waals surface area contributed by atoms with Crippen LogP contribution < -0.4 is 15.0 Å². The summed E-state index contributed by atoms with van der Waals surface area (Å²) in [6.07, 6.45) is 6.22. The van der Waals surface area contributed by atoms with Crippen molar-refractivity contribution in [3.63, 3.8) is 0 Å². The quantitative estimate of drug-likeness (QED) is 0.439. The number of pyridine rings is 1. The second kappa shape index (κ2) is 10.4. The Bertz CT molecular complexity index is 1440. The Hall–Kier alpha value is -3.44. The highest BCUT2D eigenvalue weighted by atomic mass is 19.1. The molecule has 3 aliphatic rings. The lowest BCUT2D eigenvalue weighted by Gasteiger charge is -2.29. The van der Waals surface area contributed by atoms with Gasteiger partial charge in [-0.25, -0.2) is 8.78 Å². The number of aromatic nitrogens is 5. The molecule has 0 aliphatic carbocycles. The van der Waals surface area contributed by atoms with E-state index in [0.717, 1.165) is 50.0 Å². The molecular formula is C27H32F2N8O. The Balaban J connectivity index is 0.000000246. The van der Waals surface area contributed by atoms with E-state index in [2.05, 4.69) is 35.2 Å². The molecule has 1 aromatic carbocycles. The number of nitrogens with one attached hydrogen (secondary N) is 1. The number of methoxy groups -OCH3 is 1. The number of benzene rings is 1. The summed E-state index contributed by atoms with van der Waals surface area (Å²) >= 11 is 0. The number of hydrogen-bond donors (Lipinski definition) is 1. The van der Waals surface area contributed by atoms with Gasteiger partial charge in [0.25, 0.3) is 0 Å². The predicted molar refractivity (Wildman–Crippen MR) is 143 cm³/mol. The van der Waals surface area contributed by atoms with Crippen LogP contribution in [0.1, 0.15) is 19.3 Å². The second-order valence-electron chi connectivity index (χ2n) is 10.1. The van der Waals surface area contributed by atoms with Gasteiger partial charge in [-0.2, -0.15) is 15.1 Å². The minimum absolute atomic E-state index is 0.140. The van der Waals surface area contributed by atoms with Gasteiger partial charge in [-0.15, -0.1) is 0 Å². The van der Waals surface area contributed by atoms with Crippen molar-refractivity contribution in [3.05, 3.63) is 36.4 Å². The molecule has 9 nitrogen and oxygen atoms in total. The number of piperazine rings is 1. The number of fused-ring (bicyclic) bond motifs is 3. The Morgan fingerprint density at radius 3 is 2.74 bits per heavy atom. The zero-order chi connectivity index (χ0) is 26.2. The van der Waals surface area contributed by atoms with E-state index in [4.69, 9.17) is 4.74 Å². The zero-order valence-corrected chi connectivity index (χ0v) is 21.7. The maximum Gasteiger partial charge on any atom is 0.318 e. The topological polar surface area (TPSA) is 84.2 Å². The van der Waals surface area contributed by atoms with Crippen LogP contribution in [0.3, 0.4) is 0 Å². The van der Waals surface area contributed by atoms with E-state index >= 15 is 4.39 Å². The summed E-state index contributed by atoms with van der Waals surface area (Å²) in [5.74, 6) is 0.151. The third-order valence-electron chi connectivity index (χ3n) is 7.72. The molecule has 200 valence electrons. The molecule has 38 heavy (non-hydrogen) atoms. The van der Waals surface area contributed by atoms with E-state index in [1.165, 1.54) is 20.0 Å². The first-order valence-corrected chi connectivity index (χ1v) is 13.2. The Morgan fingerprint density at radius 2 is 1.95 bits per heavy atom. The lowest BCUT2D eigenvalue weighted by molar-refractivity contribution is 0.292. The van der Waals surface area contributed by atoms with E-state index in [1.807, 2.05) is 25.2 Å². The minimum atomic E-state index is -0.518. The summed E-state index contributed by atoms with van der Waals surface area (Å²) in [7, 11) is 3.32. The van der Waals surface area contributed by atoms with Crippen LogP contribution in [0, 0.1) is 5.82 Å². The number of anilines is 1. The lowest BCUT2D eigenvalue weighted by Crippen LogP contribution is -2.44. The van der Waals surface area contributed by atoms with Gasteiger partial charge in [-0.05, 0) is 25.8 Å². The van der Waals surface area contributed by atoms with Gasteiger partial charge < -0.3 is 15.0 Å². The first kappa shape index (κ1) is 24.9. The molecule has 0 radical (unpaired) electrons. The molecule has 2 unspecified atom stereocenters. The first-order valence-electron chi connectivity index (χ1n) is 13.2. The summed E-state index contributed by atoms with van der Waals surface area (Å²) in [5.41, 5.74) is 1.93. The monoisotopic (exact) mass is 522 g/mol. The highest BCUT2D eigenvalue weighted by Crippen LogP contribution is 2.34. The molecule has 2 atom stereocenters. The summed E-state index contributed by atoms with van der Waals surface area (Å²) in [6, 6.07) is 6.41. The van der Waals surface area contributed by atoms with Crippen LogP contribution in [0.25, 0.3) is 33.1 Å². The number of hydrogen-bond acceptors (Lipinski definition) is 8. The average molecular weight is 523 g/mol. The molecule has 6 heterocycles. The van der Waals surface area contributed by atoms with E-state index in [9.17, 15) is 4.39 Å². The molecule has 11 heteroatoms. The van der Waals surface area contributed by atoms with Crippen molar-refractivity contribution in [1.29, 1.82) is 0 Å². The molecule has 1 N–H and O–H groups in total. The van der Waals surface area contributed by atoms with Gasteiger partial charge in [0.2, 0.25) is 0 Å². The number of para-hydroxylation sites is 1. The molecule has 4 aromatic rings. The second-order valence-corrected chi connectivity index (χ2v) is 10.1. The number of rotatable bonds is 3. The third kappa shape index (κ3) is 4.54. The molecular weight excluding hydrogens is 490 g/mol. The van der Waals surface area contributed by atoms with Gasteiger partial charge in [0.15, 0.2) is 5.82 Å². The highest BCUT2D eigenvalue weighted by molar-refractivity contribution is 5.97. The first-order chi connectivity index (χ1) is 18.5. The third-order valence-corrected chi connectivity index (χ3v) is 7.72. The van der Waals surface area contributed by atoms with Crippen LogP contribution in [-0.4, -0.2) is 88.2 Å². The van der Waals surface area contributed by atoms with Crippen molar-refractivity contribution >= 4 is 27.6 Å². The smallest absolute Gasteiger partial charge is 0.318 e. The van der Waals surface area contributed by atoms with Gasteiger partial charge in [0.05, 0.1) is 24.2 Å². The number of alkyl halides is 1. The molecule has 3 aliphatic heterocycles. The van der Waals surface area contributed by atoms with E-state index in [0.29, 0.717) is 29.4 Å². The van der Waals surface area contributed by atoms with Crippen LogP contribution in [-0.2, 0) is 7.05 Å². The number of halogens is 2. The van der Waals surface area contributed by atoms with Crippen molar-refractivity contribution in [2.45, 2.75) is 31.5 Å². The Morgan fingerprint density at radius 1 is 1.11 bits per heavy atom. The Labute approximate surface area is 219 Å². The van der Waals surface area contributed by atoms with E-state index < -0.39 is 12.0 Å². The van der Waals surface area contributed by atoms with Crippen LogP contribution in [0.4, 0.5) is 14.6 Å². The summed E-state index contributed by atoms with van der Waals surface area (Å²) < 4.78 is 35.3. The van der Waals surface area contributed by atoms with E-state index in [-0.39, 0.29) is 17.2 Å². The molecule has 7 rings (SSSR count). The largest absolute Gasteiger partial charge is 0.467 e. The Kier molecular flexibility index (Phi) is 6.79. The fraction of sp³-hybridized carbons (Fsp3) is 0.481. The normalized spacial score (nSPS) is 21.5. The molecule has 3 aromatic heterocycles. The zero-order valence-electron chi connectivity index (χ0n) is 21.7. The predicted octanol–water partition coefficient (Wildman–Crippen LogP) is 3.33. The number of ether oxygens (including phenoxy) is 1. The van der Waals surface area contributed by atoms with Crippen molar-refractivity contribution < 1.29 is 13.5 Å². The molecule has 3 saturated heterocycles. The number of aryl methyl sites for hydroxylation is 1. The fourth-order valence-electron chi connectivity index (χ4n) is 5.87. The standard InChI is InChI=1S/C20H20FN7O.C7H12FN/c1-27-18-12(10-24-27)4-3-5-13(18)16-15(21)17-14(11-23-16)19(26-20(25-17)29-2)28-8-6-22-7-9-28;8-6-4-7-2-1-3-9(7)5-6/h3-5,10-11,22H,6-9H2,1-2H3;6-7H,1-5H2. The lowest BCUT2D eigenvalue weighted by atomic mass is 10.1. The molecule has 0 amide bonds. The van der Waals surface area contributed by atoms with Gasteiger partial charge in [0, 0.05) is 63.0 Å². The van der Waals surface area contributed by atoms with Gasteiger partial charge >= 0.3 is 6.01 Å². The summed E-state index contributed by atoms with van der Waals surface area (Å²) in [5, 5.41) is 9.09. The van der Waals surface area contributed by atoms with Crippen molar-refractivity contribution in [2.75, 3.05) is 51.3 Å². The van der Waals surface area contributed by atoms with Gasteiger partial charge in [-0.1, -0.05) is 18.2 Å². The SMILES string of the molecule is COc1nc(N2CCNCC2)c2cnc(-c3cccc4cnn(C)c34)c(F)c2n1.FC1CC2CCCN2C1. The summed E-state index contributed by atoms with van der Waals surface area (Å²) in [4.78, 5) is 17.7.